The van der Waals surface area contributed by atoms with E-state index in [0.717, 1.165) is 0 Å². The van der Waals surface area contributed by atoms with Crippen LogP contribution >= 0.6 is 0 Å². The van der Waals surface area contributed by atoms with Crippen molar-refractivity contribution in [2.75, 3.05) is 13.2 Å². The van der Waals surface area contributed by atoms with Gasteiger partial charge in [-0.3, -0.25) is 14.4 Å². The van der Waals surface area contributed by atoms with E-state index in [1.807, 2.05) is 43.3 Å². The summed E-state index contributed by atoms with van der Waals surface area (Å²) < 4.78 is 11.7. The number of hydrogen-bond donors (Lipinski definition) is 1. The predicted molar refractivity (Wildman–Crippen MR) is 117 cm³/mol. The number of carbonyl (C=O) groups excluding carboxylic acids is 2. The number of carbonyl (C=O) groups is 2. The number of hydrogen-bond acceptors (Lipinski definition) is 6. The van der Waals surface area contributed by atoms with Crippen molar-refractivity contribution < 1.29 is 23.6 Å². The van der Waals surface area contributed by atoms with Crippen LogP contribution in [0.3, 0.4) is 0 Å². The zero-order chi connectivity index (χ0) is 21.6. The van der Waals surface area contributed by atoms with Crippen LogP contribution in [0.2, 0.25) is 0 Å². The zero-order valence-corrected chi connectivity index (χ0v) is 17.2. The van der Waals surface area contributed by atoms with Crippen molar-refractivity contribution in [1.82, 2.24) is 5.48 Å². The molecule has 4 rings (SSSR count). The molecule has 1 heterocycles. The second kappa shape index (κ2) is 9.55. The first-order valence-electron chi connectivity index (χ1n) is 10.2. The number of rotatable bonds is 9. The van der Waals surface area contributed by atoms with Crippen LogP contribution in [0.25, 0.3) is 11.0 Å². The van der Waals surface area contributed by atoms with Crippen LogP contribution in [0, 0.1) is 0 Å². The Morgan fingerprint density at radius 2 is 1.87 bits per heavy atom. The predicted octanol–water partition coefficient (Wildman–Crippen LogP) is 4.41. The van der Waals surface area contributed by atoms with Crippen molar-refractivity contribution in [3.05, 3.63) is 89.7 Å². The van der Waals surface area contributed by atoms with Crippen LogP contribution in [0.4, 0.5) is 0 Å². The number of para-hydroxylation sites is 1. The lowest BCUT2D eigenvalue weighted by Gasteiger charge is -2.16. The molecule has 1 unspecified atom stereocenters. The molecule has 0 spiro atoms. The Balaban J connectivity index is 1.52. The largest absolute Gasteiger partial charge is 0.481 e. The van der Waals surface area contributed by atoms with Gasteiger partial charge in [0.2, 0.25) is 11.5 Å². The molecule has 0 amide bonds. The van der Waals surface area contributed by atoms with Crippen LogP contribution in [-0.2, 0) is 9.63 Å². The third-order valence-electron chi connectivity index (χ3n) is 4.90. The number of Topliss-reactive ketones (excluding diaryl/α,β-unsaturated/α-hetero) is 1. The summed E-state index contributed by atoms with van der Waals surface area (Å²) in [6.45, 7) is 2.45. The first kappa shape index (κ1) is 20.8. The first-order valence-corrected chi connectivity index (χ1v) is 10.2. The quantitative estimate of drug-likeness (QED) is 0.411. The Morgan fingerprint density at radius 1 is 1.10 bits per heavy atom. The van der Waals surface area contributed by atoms with Crippen molar-refractivity contribution in [2.45, 2.75) is 19.4 Å². The normalized spacial score (nSPS) is 15.6. The summed E-state index contributed by atoms with van der Waals surface area (Å²) in [5.41, 5.74) is 4.40. The van der Waals surface area contributed by atoms with Crippen LogP contribution in [0.5, 0.6) is 5.75 Å². The van der Waals surface area contributed by atoms with Gasteiger partial charge in [-0.15, -0.1) is 0 Å². The van der Waals surface area contributed by atoms with Gasteiger partial charge in [-0.25, -0.2) is 5.48 Å². The van der Waals surface area contributed by atoms with Crippen molar-refractivity contribution in [2.24, 2.45) is 0 Å². The third kappa shape index (κ3) is 4.66. The summed E-state index contributed by atoms with van der Waals surface area (Å²) in [5, 5.41) is 0.654. The monoisotopic (exact) mass is 417 g/mol. The molecule has 6 nitrogen and oxygen atoms in total. The molecule has 0 radical (unpaired) electrons. The van der Waals surface area contributed by atoms with E-state index in [4.69, 9.17) is 14.0 Å². The van der Waals surface area contributed by atoms with Crippen LogP contribution in [0.15, 0.2) is 82.8 Å². The smallest absolute Gasteiger partial charge is 0.232 e. The van der Waals surface area contributed by atoms with Crippen molar-refractivity contribution in [3.63, 3.8) is 0 Å². The molecule has 0 bridgehead atoms. The molecule has 158 valence electrons. The van der Waals surface area contributed by atoms with Gasteiger partial charge in [0.25, 0.3) is 0 Å². The lowest BCUT2D eigenvalue weighted by molar-refractivity contribution is -0.117. The van der Waals surface area contributed by atoms with Gasteiger partial charge in [-0.05, 0) is 18.6 Å². The molecule has 1 aromatic heterocycles. The average molecular weight is 417 g/mol. The van der Waals surface area contributed by atoms with Gasteiger partial charge >= 0.3 is 0 Å². The number of nitrogens with one attached hydrogen (secondary N) is 1. The van der Waals surface area contributed by atoms with E-state index in [0.29, 0.717) is 35.1 Å². The molecule has 1 atom stereocenters. The van der Waals surface area contributed by atoms with Crippen LogP contribution in [0.1, 0.15) is 29.5 Å². The fourth-order valence-electron chi connectivity index (χ4n) is 3.34. The van der Waals surface area contributed by atoms with E-state index >= 15 is 0 Å². The molecule has 1 aliphatic carbocycles. The van der Waals surface area contributed by atoms with Crippen molar-refractivity contribution in [1.29, 1.82) is 0 Å². The molecule has 1 aliphatic rings. The van der Waals surface area contributed by atoms with Crippen LogP contribution < -0.4 is 10.2 Å². The Morgan fingerprint density at radius 3 is 2.61 bits per heavy atom. The van der Waals surface area contributed by atoms with Crippen molar-refractivity contribution in [3.8, 4) is 5.75 Å². The highest BCUT2D eigenvalue weighted by Gasteiger charge is 2.24. The van der Waals surface area contributed by atoms with E-state index < -0.39 is 0 Å². The summed E-state index contributed by atoms with van der Waals surface area (Å²) in [6, 6.07) is 16.1. The minimum atomic E-state index is -0.292. The molecule has 0 saturated heterocycles. The topological polar surface area (TPSA) is 77.8 Å². The number of ether oxygens (including phenoxy) is 1. The van der Waals surface area contributed by atoms with E-state index in [1.165, 1.54) is 0 Å². The van der Waals surface area contributed by atoms with E-state index in [2.05, 4.69) is 5.48 Å². The molecule has 31 heavy (non-hydrogen) atoms. The summed E-state index contributed by atoms with van der Waals surface area (Å²) >= 11 is 0. The second-order valence-corrected chi connectivity index (χ2v) is 7.07. The van der Waals surface area contributed by atoms with E-state index in [1.54, 1.807) is 36.4 Å². The molecule has 2 aromatic carbocycles. The van der Waals surface area contributed by atoms with Gasteiger partial charge in [0.15, 0.2) is 18.1 Å². The number of furan rings is 1. The summed E-state index contributed by atoms with van der Waals surface area (Å²) in [7, 11) is 0. The number of benzene rings is 2. The molecular formula is C25H23NO5. The van der Waals surface area contributed by atoms with E-state index in [9.17, 15) is 9.59 Å². The van der Waals surface area contributed by atoms with Crippen molar-refractivity contribution >= 4 is 22.5 Å². The minimum absolute atomic E-state index is 0.0902. The first-order chi connectivity index (χ1) is 15.2. The summed E-state index contributed by atoms with van der Waals surface area (Å²) in [6.07, 6.45) is 5.90. The summed E-state index contributed by atoms with van der Waals surface area (Å²) in [5.74, 6) is -0.0972. The molecule has 3 aromatic rings. The number of allylic oxidation sites excluding steroid dienone is 1. The highest BCUT2D eigenvalue weighted by atomic mass is 16.7. The zero-order valence-electron chi connectivity index (χ0n) is 17.2. The van der Waals surface area contributed by atoms with Gasteiger partial charge in [0.1, 0.15) is 11.7 Å². The molecular weight excluding hydrogens is 394 g/mol. The Bertz CT molecular complexity index is 1140. The van der Waals surface area contributed by atoms with Crippen LogP contribution in [-0.4, -0.2) is 30.8 Å². The SMILES string of the molecule is CCNOC1C=CC(C(=O)COc2c(C(=O)c3ccccc3)oc3ccccc23)=CC1. The maximum atomic E-state index is 13.0. The lowest BCUT2D eigenvalue weighted by Crippen LogP contribution is -2.24. The molecule has 6 heteroatoms. The number of hydroxylamine groups is 1. The maximum Gasteiger partial charge on any atom is 0.232 e. The Kier molecular flexibility index (Phi) is 6.40. The highest BCUT2D eigenvalue weighted by Crippen LogP contribution is 2.34. The molecule has 0 fully saturated rings. The number of ketones is 2. The Hall–Kier alpha value is -3.48. The lowest BCUT2D eigenvalue weighted by atomic mass is 10.0. The molecule has 1 N–H and O–H groups in total. The number of fused-ring (bicyclic) bond motifs is 1. The van der Waals surface area contributed by atoms with Gasteiger partial charge in [-0.2, -0.15) is 0 Å². The van der Waals surface area contributed by atoms with Gasteiger partial charge in [0.05, 0.1) is 5.39 Å². The minimum Gasteiger partial charge on any atom is -0.481 e. The highest BCUT2D eigenvalue weighted by molar-refractivity contribution is 6.12. The molecule has 0 aliphatic heterocycles. The molecule has 0 saturated carbocycles. The third-order valence-corrected chi connectivity index (χ3v) is 4.90. The van der Waals surface area contributed by atoms with E-state index in [-0.39, 0.29) is 35.8 Å². The standard InChI is InChI=1S/C25H23NO5/c1-2-26-31-19-14-12-17(13-15-19)21(27)16-29-24-20-10-6-7-11-22(20)30-25(24)23(28)18-8-4-3-5-9-18/h3-14,19,26H,2,15-16H2,1H3. The van der Waals surface area contributed by atoms with Gasteiger partial charge in [-0.1, -0.05) is 67.6 Å². The maximum absolute atomic E-state index is 13.0. The fourth-order valence-corrected chi connectivity index (χ4v) is 3.34. The second-order valence-electron chi connectivity index (χ2n) is 7.07. The van der Waals surface area contributed by atoms with Gasteiger partial charge in [0, 0.05) is 17.7 Å². The summed E-state index contributed by atoms with van der Waals surface area (Å²) in [4.78, 5) is 31.1. The fraction of sp³-hybridized carbons (Fsp3) is 0.200. The van der Waals surface area contributed by atoms with Gasteiger partial charge < -0.3 is 9.15 Å². The average Bonchev–Trinajstić information content (AvgIpc) is 3.20. The Labute approximate surface area is 180 Å².